The van der Waals surface area contributed by atoms with Crippen LogP contribution in [0.4, 0.5) is 0 Å². The average Bonchev–Trinajstić information content (AvgIpc) is 2.69. The van der Waals surface area contributed by atoms with Crippen LogP contribution in [0.15, 0.2) is 12.7 Å². The van der Waals surface area contributed by atoms with Crippen LogP contribution < -0.4 is 4.72 Å². The van der Waals surface area contributed by atoms with Crippen molar-refractivity contribution in [3.63, 3.8) is 0 Å². The fraction of sp³-hybridized carbons (Fsp3) is 0.700. The summed E-state index contributed by atoms with van der Waals surface area (Å²) in [5.41, 5.74) is 0. The number of rotatable bonds is 6. The molecule has 0 amide bonds. The van der Waals surface area contributed by atoms with Crippen LogP contribution in [0.5, 0.6) is 0 Å². The van der Waals surface area contributed by atoms with E-state index in [9.17, 15) is 13.2 Å². The molecule has 1 aliphatic rings. The van der Waals surface area contributed by atoms with Crippen LogP contribution in [-0.2, 0) is 14.8 Å². The summed E-state index contributed by atoms with van der Waals surface area (Å²) >= 11 is 0. The second-order valence-corrected chi connectivity index (χ2v) is 5.98. The van der Waals surface area contributed by atoms with E-state index >= 15 is 0 Å². The minimum absolute atomic E-state index is 0.0985. The van der Waals surface area contributed by atoms with E-state index in [2.05, 4.69) is 11.3 Å². The van der Waals surface area contributed by atoms with Crippen molar-refractivity contribution in [3.8, 4) is 0 Å². The third-order valence-corrected chi connectivity index (χ3v) is 4.71. The second kappa shape index (κ2) is 5.45. The van der Waals surface area contributed by atoms with E-state index in [4.69, 9.17) is 5.11 Å². The van der Waals surface area contributed by atoms with Gasteiger partial charge in [-0.3, -0.25) is 4.79 Å². The fourth-order valence-electron chi connectivity index (χ4n) is 1.86. The van der Waals surface area contributed by atoms with Crippen molar-refractivity contribution in [2.45, 2.75) is 43.4 Å². The third kappa shape index (κ3) is 3.31. The summed E-state index contributed by atoms with van der Waals surface area (Å²) in [4.78, 5) is 10.8. The van der Waals surface area contributed by atoms with Gasteiger partial charge in [-0.25, -0.2) is 13.1 Å². The summed E-state index contributed by atoms with van der Waals surface area (Å²) in [6.45, 7) is 3.41. The number of aliphatic carboxylic acids is 1. The maximum Gasteiger partial charge on any atom is 0.322 e. The molecule has 0 aromatic carbocycles. The van der Waals surface area contributed by atoms with E-state index in [1.54, 1.807) is 0 Å². The quantitative estimate of drug-likeness (QED) is 0.682. The van der Waals surface area contributed by atoms with Gasteiger partial charge in [0.25, 0.3) is 0 Å². The normalized spacial score (nSPS) is 19.5. The lowest BCUT2D eigenvalue weighted by molar-refractivity contribution is -0.138. The van der Waals surface area contributed by atoms with Gasteiger partial charge < -0.3 is 5.11 Å². The molecule has 1 aliphatic carbocycles. The first-order valence-electron chi connectivity index (χ1n) is 5.32. The van der Waals surface area contributed by atoms with Crippen molar-refractivity contribution >= 4 is 16.0 Å². The number of carboxylic acids is 1. The molecule has 0 heterocycles. The molecule has 5 nitrogen and oxygen atoms in total. The van der Waals surface area contributed by atoms with Crippen molar-refractivity contribution < 1.29 is 18.3 Å². The Morgan fingerprint density at radius 1 is 1.50 bits per heavy atom. The predicted molar refractivity (Wildman–Crippen MR) is 60.5 cm³/mol. The third-order valence-electron chi connectivity index (χ3n) is 2.75. The lowest BCUT2D eigenvalue weighted by atomic mass is 10.2. The molecule has 0 spiro atoms. The molecule has 1 fully saturated rings. The molecule has 2 N–H and O–H groups in total. The second-order valence-electron chi connectivity index (χ2n) is 3.98. The Kier molecular flexibility index (Phi) is 4.49. The highest BCUT2D eigenvalue weighted by molar-refractivity contribution is 7.90. The zero-order valence-corrected chi connectivity index (χ0v) is 9.87. The van der Waals surface area contributed by atoms with Crippen molar-refractivity contribution in [2.75, 3.05) is 0 Å². The van der Waals surface area contributed by atoms with Crippen LogP contribution in [0.25, 0.3) is 0 Å². The van der Waals surface area contributed by atoms with Gasteiger partial charge in [0.05, 0.1) is 5.25 Å². The standard InChI is InChI=1S/C10H17NO4S/c1-2-5-9(10(12)13)11-16(14,15)8-6-3-4-7-8/h2,8-9,11H,1,3-7H2,(H,12,13). The predicted octanol–water partition coefficient (Wildman–Crippen LogP) is 0.878. The summed E-state index contributed by atoms with van der Waals surface area (Å²) in [7, 11) is -3.51. The van der Waals surface area contributed by atoms with E-state index in [1.807, 2.05) is 0 Å². The Hall–Kier alpha value is -0.880. The largest absolute Gasteiger partial charge is 0.480 e. The van der Waals surface area contributed by atoms with Gasteiger partial charge in [-0.2, -0.15) is 0 Å². The molecule has 0 aliphatic heterocycles. The monoisotopic (exact) mass is 247 g/mol. The minimum atomic E-state index is -3.51. The van der Waals surface area contributed by atoms with Gasteiger partial charge in [-0.05, 0) is 19.3 Å². The Morgan fingerprint density at radius 2 is 2.06 bits per heavy atom. The number of carboxylic acid groups (broad SMARTS) is 1. The topological polar surface area (TPSA) is 83.5 Å². The number of nitrogens with one attached hydrogen (secondary N) is 1. The number of hydrogen-bond donors (Lipinski definition) is 2. The van der Waals surface area contributed by atoms with Crippen LogP contribution in [0, 0.1) is 0 Å². The average molecular weight is 247 g/mol. The molecule has 0 bridgehead atoms. The van der Waals surface area contributed by atoms with Crippen molar-refractivity contribution in [3.05, 3.63) is 12.7 Å². The van der Waals surface area contributed by atoms with Crippen LogP contribution >= 0.6 is 0 Å². The van der Waals surface area contributed by atoms with E-state index in [0.717, 1.165) is 12.8 Å². The summed E-state index contributed by atoms with van der Waals surface area (Å²) < 4.78 is 25.9. The van der Waals surface area contributed by atoms with Crippen LogP contribution in [0.2, 0.25) is 0 Å². The molecular weight excluding hydrogens is 230 g/mol. The lowest BCUT2D eigenvalue weighted by Gasteiger charge is -2.16. The van der Waals surface area contributed by atoms with Gasteiger partial charge in [0.2, 0.25) is 10.0 Å². The molecule has 6 heteroatoms. The summed E-state index contributed by atoms with van der Waals surface area (Å²) in [6, 6.07) is -1.09. The highest BCUT2D eigenvalue weighted by Gasteiger charge is 2.32. The van der Waals surface area contributed by atoms with E-state index < -0.39 is 27.3 Å². The molecule has 0 aromatic heterocycles. The first-order valence-corrected chi connectivity index (χ1v) is 6.87. The van der Waals surface area contributed by atoms with Crippen LogP contribution in [-0.4, -0.2) is 30.8 Å². The molecule has 1 saturated carbocycles. The van der Waals surface area contributed by atoms with Crippen molar-refractivity contribution in [1.82, 2.24) is 4.72 Å². The molecule has 0 saturated heterocycles. The van der Waals surface area contributed by atoms with Crippen LogP contribution in [0.1, 0.15) is 32.1 Å². The van der Waals surface area contributed by atoms with Gasteiger partial charge in [-0.15, -0.1) is 6.58 Å². The van der Waals surface area contributed by atoms with Gasteiger partial charge in [0, 0.05) is 0 Å². The Morgan fingerprint density at radius 3 is 2.50 bits per heavy atom. The van der Waals surface area contributed by atoms with E-state index in [0.29, 0.717) is 12.8 Å². The first kappa shape index (κ1) is 13.2. The lowest BCUT2D eigenvalue weighted by Crippen LogP contribution is -2.44. The molecule has 0 radical (unpaired) electrons. The molecule has 1 unspecified atom stereocenters. The highest BCUT2D eigenvalue weighted by atomic mass is 32.2. The van der Waals surface area contributed by atoms with Crippen LogP contribution in [0.3, 0.4) is 0 Å². The zero-order valence-electron chi connectivity index (χ0n) is 9.05. The minimum Gasteiger partial charge on any atom is -0.480 e. The van der Waals surface area contributed by atoms with E-state index in [-0.39, 0.29) is 6.42 Å². The SMILES string of the molecule is C=CCC(NS(=O)(=O)C1CCCC1)C(=O)O. The Labute approximate surface area is 95.6 Å². The summed E-state index contributed by atoms with van der Waals surface area (Å²) in [5.74, 6) is -1.17. The molecule has 16 heavy (non-hydrogen) atoms. The van der Waals surface area contributed by atoms with E-state index in [1.165, 1.54) is 6.08 Å². The number of hydrogen-bond acceptors (Lipinski definition) is 3. The Bertz CT molecular complexity index is 357. The van der Waals surface area contributed by atoms with Crippen molar-refractivity contribution in [2.24, 2.45) is 0 Å². The fourth-order valence-corrected chi connectivity index (χ4v) is 3.60. The number of carbonyl (C=O) groups is 1. The van der Waals surface area contributed by atoms with Gasteiger partial charge in [0.1, 0.15) is 6.04 Å². The Balaban J connectivity index is 2.68. The number of sulfonamides is 1. The maximum atomic E-state index is 11.8. The highest BCUT2D eigenvalue weighted by Crippen LogP contribution is 2.24. The summed E-state index contributed by atoms with van der Waals surface area (Å²) in [6.07, 6.45) is 4.53. The molecular formula is C10H17NO4S. The molecule has 1 atom stereocenters. The first-order chi connectivity index (χ1) is 7.47. The van der Waals surface area contributed by atoms with Gasteiger partial charge in [0.15, 0.2) is 0 Å². The smallest absolute Gasteiger partial charge is 0.322 e. The summed E-state index contributed by atoms with van der Waals surface area (Å²) in [5, 5.41) is 8.40. The zero-order chi connectivity index (χ0) is 12.2. The van der Waals surface area contributed by atoms with Gasteiger partial charge >= 0.3 is 5.97 Å². The van der Waals surface area contributed by atoms with Crippen molar-refractivity contribution in [1.29, 1.82) is 0 Å². The molecule has 0 aromatic rings. The maximum absolute atomic E-state index is 11.8. The molecule has 92 valence electrons. The van der Waals surface area contributed by atoms with Gasteiger partial charge in [-0.1, -0.05) is 18.9 Å². The molecule has 1 rings (SSSR count).